The van der Waals surface area contributed by atoms with E-state index in [1.54, 1.807) is 35.2 Å². The first kappa shape index (κ1) is 20.6. The molecule has 1 heterocycles. The average molecular weight is 434 g/mol. The summed E-state index contributed by atoms with van der Waals surface area (Å²) >= 11 is 0. The van der Waals surface area contributed by atoms with Crippen molar-refractivity contribution in [2.45, 2.75) is 18.9 Å². The van der Waals surface area contributed by atoms with Gasteiger partial charge in [0.2, 0.25) is 0 Å². The fourth-order valence-corrected chi connectivity index (χ4v) is 4.17. The van der Waals surface area contributed by atoms with Gasteiger partial charge in [0.15, 0.2) is 5.78 Å². The predicted octanol–water partition coefficient (Wildman–Crippen LogP) is 5.19. The maximum Gasteiger partial charge on any atom is 0.251 e. The fourth-order valence-electron chi connectivity index (χ4n) is 4.17. The van der Waals surface area contributed by atoms with Crippen LogP contribution in [0, 0.1) is 0 Å². The molecule has 0 unspecified atom stereocenters. The zero-order chi connectivity index (χ0) is 22.6. The van der Waals surface area contributed by atoms with Crippen LogP contribution in [-0.4, -0.2) is 21.5 Å². The molecule has 1 atom stereocenters. The molecule has 3 aromatic carbocycles. The van der Waals surface area contributed by atoms with Crippen molar-refractivity contribution in [1.82, 2.24) is 15.1 Å². The lowest BCUT2D eigenvalue weighted by Crippen LogP contribution is -2.27. The maximum absolute atomic E-state index is 12.9. The summed E-state index contributed by atoms with van der Waals surface area (Å²) in [4.78, 5) is 25.2. The molecule has 0 aliphatic heterocycles. The number of rotatable bonds is 6. The summed E-state index contributed by atoms with van der Waals surface area (Å²) in [5.41, 5.74) is 5.32. The minimum atomic E-state index is -0.0979. The van der Waals surface area contributed by atoms with Gasteiger partial charge < -0.3 is 5.32 Å². The first-order valence-electron chi connectivity index (χ1n) is 11.0. The lowest BCUT2D eigenvalue weighted by atomic mass is 10.1. The van der Waals surface area contributed by atoms with Gasteiger partial charge in [-0.25, -0.2) is 4.68 Å². The molecule has 0 radical (unpaired) electrons. The summed E-state index contributed by atoms with van der Waals surface area (Å²) in [6, 6.07) is 24.8. The average Bonchev–Trinajstić information content (AvgIpc) is 3.51. The minimum absolute atomic E-state index is 0.0425. The minimum Gasteiger partial charge on any atom is -0.345 e. The first-order valence-corrected chi connectivity index (χ1v) is 11.0. The summed E-state index contributed by atoms with van der Waals surface area (Å²) in [5.74, 6) is -0.158. The number of allylic oxidation sites excluding steroid dienone is 1. The molecule has 1 aromatic heterocycles. The highest BCUT2D eigenvalue weighted by Gasteiger charge is 2.23. The molecule has 1 aliphatic carbocycles. The van der Waals surface area contributed by atoms with E-state index in [4.69, 9.17) is 0 Å². The van der Waals surface area contributed by atoms with Crippen LogP contribution >= 0.6 is 0 Å². The molecule has 33 heavy (non-hydrogen) atoms. The Labute approximate surface area is 192 Å². The maximum atomic E-state index is 12.9. The topological polar surface area (TPSA) is 64.0 Å². The molecule has 0 fully saturated rings. The molecule has 5 heteroatoms. The van der Waals surface area contributed by atoms with E-state index in [-0.39, 0.29) is 17.7 Å². The van der Waals surface area contributed by atoms with Crippen molar-refractivity contribution in [3.8, 4) is 5.69 Å². The van der Waals surface area contributed by atoms with Gasteiger partial charge in [-0.2, -0.15) is 5.10 Å². The van der Waals surface area contributed by atoms with Crippen molar-refractivity contribution < 1.29 is 9.59 Å². The Morgan fingerprint density at radius 2 is 1.73 bits per heavy atom. The smallest absolute Gasteiger partial charge is 0.251 e. The second kappa shape index (κ2) is 9.09. The van der Waals surface area contributed by atoms with Crippen LogP contribution in [0.5, 0.6) is 0 Å². The number of carbonyl (C=O) groups excluding carboxylic acids is 2. The number of nitrogens with zero attached hydrogens (tertiary/aromatic N) is 2. The number of aryl methyl sites for hydroxylation is 1. The van der Waals surface area contributed by atoms with Crippen LogP contribution in [0.2, 0.25) is 0 Å². The lowest BCUT2D eigenvalue weighted by Gasteiger charge is -2.14. The van der Waals surface area contributed by atoms with E-state index in [9.17, 15) is 9.59 Å². The fraction of sp³-hybridized carbons (Fsp3) is 0.107. The predicted molar refractivity (Wildman–Crippen MR) is 128 cm³/mol. The van der Waals surface area contributed by atoms with Crippen LogP contribution in [-0.2, 0) is 6.42 Å². The molecule has 1 amide bonds. The molecule has 0 bridgehead atoms. The molecule has 1 N–H and O–H groups in total. The molecule has 0 saturated carbocycles. The normalized spacial score (nSPS) is 14.8. The van der Waals surface area contributed by atoms with Crippen LogP contribution < -0.4 is 5.32 Å². The second-order valence-electron chi connectivity index (χ2n) is 8.10. The van der Waals surface area contributed by atoms with E-state index in [2.05, 4.69) is 22.5 Å². The van der Waals surface area contributed by atoms with Gasteiger partial charge in [-0.15, -0.1) is 0 Å². The zero-order valence-electron chi connectivity index (χ0n) is 18.0. The van der Waals surface area contributed by atoms with Gasteiger partial charge in [0.1, 0.15) is 0 Å². The largest absolute Gasteiger partial charge is 0.345 e. The Kier molecular flexibility index (Phi) is 5.68. The summed E-state index contributed by atoms with van der Waals surface area (Å²) in [5, 5.41) is 7.56. The molecule has 0 saturated heterocycles. The number of benzene rings is 3. The number of ketones is 1. The van der Waals surface area contributed by atoms with Crippen LogP contribution in [0.3, 0.4) is 0 Å². The molecule has 5 rings (SSSR count). The van der Waals surface area contributed by atoms with Crippen LogP contribution in [0.15, 0.2) is 97.3 Å². The van der Waals surface area contributed by atoms with Gasteiger partial charge in [0.05, 0.1) is 17.9 Å². The van der Waals surface area contributed by atoms with Crippen molar-refractivity contribution in [2.75, 3.05) is 0 Å². The number of nitrogens with one attached hydrogen (secondary N) is 1. The van der Waals surface area contributed by atoms with Gasteiger partial charge >= 0.3 is 0 Å². The Bertz CT molecular complexity index is 1340. The molecule has 5 nitrogen and oxygen atoms in total. The van der Waals surface area contributed by atoms with E-state index in [1.165, 1.54) is 11.1 Å². The summed E-state index contributed by atoms with van der Waals surface area (Å²) < 4.78 is 1.70. The quantitative estimate of drug-likeness (QED) is 0.336. The molecule has 0 spiro atoms. The SMILES string of the molecule is O=C(/C=C/c1cnn(-c2cccc(C(=O)N[C@@H]3CCc4ccccc43)c2)c1)c1ccccc1. The van der Waals surface area contributed by atoms with Crippen molar-refractivity contribution >= 4 is 17.8 Å². The highest BCUT2D eigenvalue weighted by Crippen LogP contribution is 2.31. The Morgan fingerprint density at radius 3 is 2.61 bits per heavy atom. The Balaban J connectivity index is 1.29. The highest BCUT2D eigenvalue weighted by molar-refractivity contribution is 6.06. The van der Waals surface area contributed by atoms with E-state index in [0.29, 0.717) is 11.1 Å². The Morgan fingerprint density at radius 1 is 0.939 bits per heavy atom. The van der Waals surface area contributed by atoms with E-state index in [0.717, 1.165) is 24.1 Å². The molecule has 4 aromatic rings. The van der Waals surface area contributed by atoms with Crippen molar-refractivity contribution in [3.63, 3.8) is 0 Å². The monoisotopic (exact) mass is 433 g/mol. The van der Waals surface area contributed by atoms with Gasteiger partial charge in [-0.3, -0.25) is 9.59 Å². The summed E-state index contributed by atoms with van der Waals surface area (Å²) in [6.45, 7) is 0. The lowest BCUT2D eigenvalue weighted by molar-refractivity contribution is 0.0936. The number of amides is 1. The molecule has 1 aliphatic rings. The number of hydrogen-bond acceptors (Lipinski definition) is 3. The van der Waals surface area contributed by atoms with Gasteiger partial charge in [-0.05, 0) is 54.3 Å². The molecule has 162 valence electrons. The van der Waals surface area contributed by atoms with Crippen molar-refractivity contribution in [1.29, 1.82) is 0 Å². The summed E-state index contributed by atoms with van der Waals surface area (Å²) in [7, 11) is 0. The third-order valence-electron chi connectivity index (χ3n) is 5.90. The third-order valence-corrected chi connectivity index (χ3v) is 5.90. The van der Waals surface area contributed by atoms with Crippen molar-refractivity contribution in [2.24, 2.45) is 0 Å². The summed E-state index contributed by atoms with van der Waals surface area (Å²) in [6.07, 6.45) is 8.71. The van der Waals surface area contributed by atoms with Crippen LogP contribution in [0.25, 0.3) is 11.8 Å². The van der Waals surface area contributed by atoms with Gasteiger partial charge in [0, 0.05) is 22.9 Å². The van der Waals surface area contributed by atoms with Crippen LogP contribution in [0.4, 0.5) is 0 Å². The van der Waals surface area contributed by atoms with Crippen LogP contribution in [0.1, 0.15) is 49.9 Å². The van der Waals surface area contributed by atoms with Gasteiger partial charge in [-0.1, -0.05) is 60.7 Å². The van der Waals surface area contributed by atoms with Crippen molar-refractivity contribution in [3.05, 3.63) is 125 Å². The van der Waals surface area contributed by atoms with E-state index in [1.807, 2.05) is 60.8 Å². The number of aromatic nitrogens is 2. The Hall–Kier alpha value is -4.25. The molecular formula is C28H23N3O2. The third kappa shape index (κ3) is 4.53. The number of carbonyl (C=O) groups is 2. The van der Waals surface area contributed by atoms with Gasteiger partial charge in [0.25, 0.3) is 5.91 Å². The zero-order valence-corrected chi connectivity index (χ0v) is 18.0. The number of fused-ring (bicyclic) bond motifs is 1. The standard InChI is InChI=1S/C28H23N3O2/c32-27(22-8-2-1-3-9-22)16-13-20-18-29-31(19-20)24-11-6-10-23(17-24)28(33)30-26-15-14-21-7-4-5-12-25(21)26/h1-13,16-19,26H,14-15H2,(H,30,33)/b16-13+/t26-/m1/s1. The highest BCUT2D eigenvalue weighted by atomic mass is 16.1. The second-order valence-corrected chi connectivity index (χ2v) is 8.10. The number of hydrogen-bond donors (Lipinski definition) is 1. The molecular weight excluding hydrogens is 410 g/mol. The van der Waals surface area contributed by atoms with E-state index < -0.39 is 0 Å². The van der Waals surface area contributed by atoms with E-state index >= 15 is 0 Å². The first-order chi connectivity index (χ1) is 16.2.